The predicted octanol–water partition coefficient (Wildman–Crippen LogP) is 2.75. The summed E-state index contributed by atoms with van der Waals surface area (Å²) in [5.74, 6) is -0.0769. The highest BCUT2D eigenvalue weighted by Gasteiger charge is 2.27. The number of amides is 1. The highest BCUT2D eigenvalue weighted by molar-refractivity contribution is 5.95. The van der Waals surface area contributed by atoms with Gasteiger partial charge in [0.15, 0.2) is 5.69 Å². The van der Waals surface area contributed by atoms with Crippen LogP contribution in [0.1, 0.15) is 23.3 Å². The summed E-state index contributed by atoms with van der Waals surface area (Å²) in [5.41, 5.74) is 0.149. The molecule has 1 saturated heterocycles. The molecule has 138 valence electrons. The van der Waals surface area contributed by atoms with E-state index in [1.165, 1.54) is 12.1 Å². The summed E-state index contributed by atoms with van der Waals surface area (Å²) in [6.07, 6.45) is 1.21. The maximum atomic E-state index is 13.0. The summed E-state index contributed by atoms with van der Waals surface area (Å²) in [6.45, 7) is 0.942. The number of carbonyl (C=O) groups is 1. The lowest BCUT2D eigenvalue weighted by molar-refractivity contribution is 0.0588. The molecule has 0 saturated carbocycles. The lowest BCUT2D eigenvalue weighted by Gasteiger charge is -2.31. The monoisotopic (exact) mass is 367 g/mol. The summed E-state index contributed by atoms with van der Waals surface area (Å²) in [4.78, 5) is 26.9. The van der Waals surface area contributed by atoms with Crippen molar-refractivity contribution in [3.63, 3.8) is 0 Å². The molecule has 0 radical (unpaired) electrons. The van der Waals surface area contributed by atoms with Gasteiger partial charge in [-0.1, -0.05) is 12.1 Å². The number of aromatic nitrogens is 2. The normalized spacial score (nSPS) is 15.1. The number of likely N-dealkylation sites (tertiary alicyclic amines) is 1. The number of H-pyrrole nitrogens is 1. The number of carbonyl (C=O) groups excluding carboxylic acids is 1. The first-order valence-corrected chi connectivity index (χ1v) is 8.81. The van der Waals surface area contributed by atoms with E-state index >= 15 is 0 Å². The smallest absolute Gasteiger partial charge is 0.278 e. The first kappa shape index (κ1) is 17.2. The van der Waals surface area contributed by atoms with E-state index in [4.69, 9.17) is 4.74 Å². The Labute approximate surface area is 154 Å². The summed E-state index contributed by atoms with van der Waals surface area (Å²) in [6, 6.07) is 12.9. The van der Waals surface area contributed by atoms with Gasteiger partial charge in [0.05, 0.1) is 5.52 Å². The van der Waals surface area contributed by atoms with Crippen LogP contribution < -0.4 is 10.2 Å². The minimum atomic E-state index is -0.373. The lowest BCUT2D eigenvalue weighted by atomic mass is 10.1. The van der Waals surface area contributed by atoms with E-state index in [1.54, 1.807) is 41.3 Å². The minimum Gasteiger partial charge on any atom is -0.490 e. The number of hydrogen-bond donors (Lipinski definition) is 1. The first-order valence-electron chi connectivity index (χ1n) is 8.81. The Kier molecular flexibility index (Phi) is 4.58. The molecule has 0 spiro atoms. The fourth-order valence-corrected chi connectivity index (χ4v) is 3.25. The van der Waals surface area contributed by atoms with Crippen molar-refractivity contribution in [3.8, 4) is 5.75 Å². The number of para-hydroxylation sites is 1. The Hall–Kier alpha value is -3.22. The molecule has 1 N–H and O–H groups in total. The zero-order valence-corrected chi connectivity index (χ0v) is 14.5. The van der Waals surface area contributed by atoms with Crippen LogP contribution in [-0.2, 0) is 0 Å². The van der Waals surface area contributed by atoms with Crippen LogP contribution in [-0.4, -0.2) is 40.2 Å². The lowest BCUT2D eigenvalue weighted by Crippen LogP contribution is -2.43. The first-order chi connectivity index (χ1) is 13.1. The average molecular weight is 367 g/mol. The second-order valence-corrected chi connectivity index (χ2v) is 6.51. The standard InChI is InChI=1S/C20H18FN3O3/c21-13-5-7-14(8-6-13)27-15-9-11-24(12-10-15)20(26)18-19(25)16-3-1-2-4-17(16)22-23-18/h1-8,15H,9-12H2,(H,22,25). The van der Waals surface area contributed by atoms with Crippen LogP contribution in [0, 0.1) is 5.82 Å². The Balaban J connectivity index is 1.43. The van der Waals surface area contributed by atoms with E-state index in [0.717, 1.165) is 0 Å². The Bertz CT molecular complexity index is 1020. The van der Waals surface area contributed by atoms with E-state index in [9.17, 15) is 14.0 Å². The number of piperidine rings is 1. The van der Waals surface area contributed by atoms with Gasteiger partial charge in [-0.05, 0) is 36.4 Å². The molecular weight excluding hydrogens is 349 g/mol. The van der Waals surface area contributed by atoms with Crippen LogP contribution in [0.4, 0.5) is 4.39 Å². The van der Waals surface area contributed by atoms with Crippen LogP contribution in [0.2, 0.25) is 0 Å². The molecule has 2 heterocycles. The van der Waals surface area contributed by atoms with Crippen molar-refractivity contribution < 1.29 is 13.9 Å². The van der Waals surface area contributed by atoms with E-state index in [1.807, 2.05) is 0 Å². The van der Waals surface area contributed by atoms with Crippen LogP contribution in [0.15, 0.2) is 53.3 Å². The number of nitrogens with one attached hydrogen (secondary N) is 1. The van der Waals surface area contributed by atoms with Gasteiger partial charge >= 0.3 is 0 Å². The molecule has 1 aliphatic rings. The van der Waals surface area contributed by atoms with Crippen molar-refractivity contribution in [2.45, 2.75) is 18.9 Å². The molecule has 6 nitrogen and oxygen atoms in total. The predicted molar refractivity (Wildman–Crippen MR) is 98.3 cm³/mol. The molecule has 2 aromatic carbocycles. The zero-order valence-electron chi connectivity index (χ0n) is 14.5. The molecule has 3 aromatic rings. The van der Waals surface area contributed by atoms with Gasteiger partial charge in [0.1, 0.15) is 17.7 Å². The molecule has 1 amide bonds. The second-order valence-electron chi connectivity index (χ2n) is 6.51. The van der Waals surface area contributed by atoms with Crippen LogP contribution in [0.25, 0.3) is 10.9 Å². The maximum Gasteiger partial charge on any atom is 0.278 e. The molecule has 0 aliphatic carbocycles. The number of rotatable bonds is 3. The van der Waals surface area contributed by atoms with Gasteiger partial charge in [-0.25, -0.2) is 4.39 Å². The molecule has 4 rings (SSSR count). The van der Waals surface area contributed by atoms with Gasteiger partial charge < -0.3 is 9.64 Å². The number of halogens is 1. The van der Waals surface area contributed by atoms with Crippen LogP contribution in [0.3, 0.4) is 0 Å². The summed E-state index contributed by atoms with van der Waals surface area (Å²) >= 11 is 0. The molecule has 1 aromatic heterocycles. The maximum absolute atomic E-state index is 13.0. The summed E-state index contributed by atoms with van der Waals surface area (Å²) in [5, 5.41) is 7.20. The van der Waals surface area contributed by atoms with Crippen molar-refractivity contribution in [2.24, 2.45) is 0 Å². The molecule has 27 heavy (non-hydrogen) atoms. The average Bonchev–Trinajstić information content (AvgIpc) is 2.70. The molecule has 0 atom stereocenters. The van der Waals surface area contributed by atoms with E-state index in [0.29, 0.717) is 42.6 Å². The van der Waals surface area contributed by atoms with Gasteiger partial charge in [-0.15, -0.1) is 0 Å². The highest BCUT2D eigenvalue weighted by atomic mass is 19.1. The Morgan fingerprint density at radius 1 is 1.11 bits per heavy atom. The fourth-order valence-electron chi connectivity index (χ4n) is 3.25. The molecular formula is C20H18FN3O3. The van der Waals surface area contributed by atoms with Crippen molar-refractivity contribution in [1.82, 2.24) is 15.1 Å². The molecule has 0 unspecified atom stereocenters. The van der Waals surface area contributed by atoms with E-state index in [2.05, 4.69) is 10.2 Å². The topological polar surface area (TPSA) is 75.3 Å². The second kappa shape index (κ2) is 7.19. The molecule has 1 fully saturated rings. The Morgan fingerprint density at radius 3 is 2.56 bits per heavy atom. The molecule has 0 bridgehead atoms. The Morgan fingerprint density at radius 2 is 1.81 bits per heavy atom. The van der Waals surface area contributed by atoms with E-state index in [-0.39, 0.29) is 29.0 Å². The van der Waals surface area contributed by atoms with Crippen molar-refractivity contribution in [3.05, 3.63) is 70.3 Å². The number of nitrogens with zero attached hydrogens (tertiary/aromatic N) is 2. The van der Waals surface area contributed by atoms with Gasteiger partial charge in [0.25, 0.3) is 5.91 Å². The number of aromatic amines is 1. The quantitative estimate of drug-likeness (QED) is 0.772. The van der Waals surface area contributed by atoms with Gasteiger partial charge in [-0.2, -0.15) is 5.10 Å². The van der Waals surface area contributed by atoms with Gasteiger partial charge in [0.2, 0.25) is 5.43 Å². The van der Waals surface area contributed by atoms with Crippen LogP contribution >= 0.6 is 0 Å². The number of fused-ring (bicyclic) bond motifs is 1. The fraction of sp³-hybridized carbons (Fsp3) is 0.250. The van der Waals surface area contributed by atoms with Gasteiger partial charge in [-0.3, -0.25) is 14.7 Å². The SMILES string of the molecule is O=C(c1n[nH]c2ccccc2c1=O)N1CCC(Oc2ccc(F)cc2)CC1. The van der Waals surface area contributed by atoms with Crippen molar-refractivity contribution in [2.75, 3.05) is 13.1 Å². The third-order valence-electron chi connectivity index (χ3n) is 4.72. The highest BCUT2D eigenvalue weighted by Crippen LogP contribution is 2.20. The minimum absolute atomic E-state index is 0.0534. The van der Waals surface area contributed by atoms with Crippen molar-refractivity contribution >= 4 is 16.8 Å². The molecule has 7 heteroatoms. The third-order valence-corrected chi connectivity index (χ3v) is 4.72. The van der Waals surface area contributed by atoms with Crippen molar-refractivity contribution in [1.29, 1.82) is 0 Å². The number of benzene rings is 2. The van der Waals surface area contributed by atoms with Crippen LogP contribution in [0.5, 0.6) is 5.75 Å². The number of ether oxygens (including phenoxy) is 1. The largest absolute Gasteiger partial charge is 0.490 e. The third kappa shape index (κ3) is 3.53. The summed E-state index contributed by atoms with van der Waals surface area (Å²) in [7, 11) is 0. The van der Waals surface area contributed by atoms with Gasteiger partial charge in [0, 0.05) is 31.3 Å². The zero-order chi connectivity index (χ0) is 18.8. The van der Waals surface area contributed by atoms with E-state index < -0.39 is 0 Å². The summed E-state index contributed by atoms with van der Waals surface area (Å²) < 4.78 is 18.8. The number of hydrogen-bond acceptors (Lipinski definition) is 4. The molecule has 1 aliphatic heterocycles.